The molecule has 4 nitrogen and oxygen atoms in total. The summed E-state index contributed by atoms with van der Waals surface area (Å²) in [6, 6.07) is 8.09. The van der Waals surface area contributed by atoms with E-state index in [1.807, 2.05) is 31.2 Å². The Morgan fingerprint density at radius 1 is 1.36 bits per heavy atom. The number of anilines is 1. The number of carbonyl (C=O) groups excluding carboxylic acids is 1. The number of fused-ring (bicyclic) bond motifs is 1. The number of amides is 1. The minimum absolute atomic E-state index is 0. The molecule has 122 valence electrons. The van der Waals surface area contributed by atoms with Crippen LogP contribution in [0, 0.1) is 5.92 Å². The fourth-order valence-electron chi connectivity index (χ4n) is 3.58. The van der Waals surface area contributed by atoms with Crippen molar-refractivity contribution in [1.82, 2.24) is 5.32 Å². The molecular weight excluding hydrogens is 300 g/mol. The highest BCUT2D eigenvalue weighted by molar-refractivity contribution is 5.95. The van der Waals surface area contributed by atoms with Crippen LogP contribution in [-0.4, -0.2) is 24.6 Å². The average Bonchev–Trinajstić information content (AvgIpc) is 2.92. The van der Waals surface area contributed by atoms with Crippen LogP contribution in [0.3, 0.4) is 0 Å². The van der Waals surface area contributed by atoms with E-state index in [0.29, 0.717) is 18.6 Å². The third-order valence-electron chi connectivity index (χ3n) is 4.59. The summed E-state index contributed by atoms with van der Waals surface area (Å²) in [4.78, 5) is 12.4. The number of ether oxygens (including phenoxy) is 1. The Morgan fingerprint density at radius 3 is 2.95 bits per heavy atom. The molecule has 1 aromatic rings. The molecule has 1 saturated heterocycles. The number of carbonyl (C=O) groups is 1. The number of benzene rings is 1. The first-order chi connectivity index (χ1) is 10.3. The summed E-state index contributed by atoms with van der Waals surface area (Å²) in [5, 5.41) is 6.52. The summed E-state index contributed by atoms with van der Waals surface area (Å²) < 4.78 is 5.46. The molecule has 1 aliphatic heterocycles. The predicted molar refractivity (Wildman–Crippen MR) is 90.8 cm³/mol. The lowest BCUT2D eigenvalue weighted by Gasteiger charge is -2.24. The van der Waals surface area contributed by atoms with Gasteiger partial charge in [-0.15, -0.1) is 12.4 Å². The van der Waals surface area contributed by atoms with Gasteiger partial charge in [0.15, 0.2) is 0 Å². The molecule has 22 heavy (non-hydrogen) atoms. The number of hydrogen-bond acceptors (Lipinski definition) is 3. The predicted octanol–water partition coefficient (Wildman–Crippen LogP) is 3.37. The van der Waals surface area contributed by atoms with E-state index in [9.17, 15) is 4.79 Å². The smallest absolute Gasteiger partial charge is 0.241 e. The normalized spacial score (nSPS) is 26.7. The van der Waals surface area contributed by atoms with Crippen molar-refractivity contribution in [3.05, 3.63) is 24.3 Å². The SMILES string of the molecule is CCOc1cccc(NC(=O)C2CC3CCCCC3N2)c1.Cl. The lowest BCUT2D eigenvalue weighted by molar-refractivity contribution is -0.117. The van der Waals surface area contributed by atoms with Crippen molar-refractivity contribution in [2.45, 2.75) is 51.1 Å². The Hall–Kier alpha value is -1.26. The van der Waals surface area contributed by atoms with Gasteiger partial charge in [-0.1, -0.05) is 18.9 Å². The van der Waals surface area contributed by atoms with Gasteiger partial charge in [0, 0.05) is 17.8 Å². The summed E-state index contributed by atoms with van der Waals surface area (Å²) in [7, 11) is 0. The molecule has 3 rings (SSSR count). The lowest BCUT2D eigenvalue weighted by atomic mass is 9.85. The molecule has 3 unspecified atom stereocenters. The van der Waals surface area contributed by atoms with Gasteiger partial charge in [0.2, 0.25) is 5.91 Å². The van der Waals surface area contributed by atoms with Crippen LogP contribution in [0.2, 0.25) is 0 Å². The molecule has 2 fully saturated rings. The van der Waals surface area contributed by atoms with E-state index in [4.69, 9.17) is 4.74 Å². The van der Waals surface area contributed by atoms with Gasteiger partial charge in [0.25, 0.3) is 0 Å². The van der Waals surface area contributed by atoms with Gasteiger partial charge >= 0.3 is 0 Å². The van der Waals surface area contributed by atoms with Crippen molar-refractivity contribution in [2.24, 2.45) is 5.92 Å². The van der Waals surface area contributed by atoms with Gasteiger partial charge in [-0.25, -0.2) is 0 Å². The minimum Gasteiger partial charge on any atom is -0.494 e. The molecule has 0 bridgehead atoms. The second kappa shape index (κ2) is 7.84. The number of hydrogen-bond donors (Lipinski definition) is 2. The fraction of sp³-hybridized carbons (Fsp3) is 0.588. The monoisotopic (exact) mass is 324 g/mol. The zero-order chi connectivity index (χ0) is 14.7. The maximum absolute atomic E-state index is 12.4. The highest BCUT2D eigenvalue weighted by Crippen LogP contribution is 2.33. The van der Waals surface area contributed by atoms with Gasteiger partial charge in [-0.3, -0.25) is 4.79 Å². The van der Waals surface area contributed by atoms with Crippen LogP contribution in [0.5, 0.6) is 5.75 Å². The molecule has 0 radical (unpaired) electrons. The van der Waals surface area contributed by atoms with Crippen molar-refractivity contribution in [1.29, 1.82) is 0 Å². The molecule has 1 aromatic carbocycles. The fourth-order valence-corrected chi connectivity index (χ4v) is 3.58. The van der Waals surface area contributed by atoms with Gasteiger partial charge in [0.1, 0.15) is 5.75 Å². The summed E-state index contributed by atoms with van der Waals surface area (Å²) in [5.41, 5.74) is 0.808. The molecule has 5 heteroatoms. The molecule has 1 heterocycles. The first-order valence-corrected chi connectivity index (χ1v) is 8.06. The van der Waals surface area contributed by atoms with Crippen LogP contribution in [0.25, 0.3) is 0 Å². The van der Waals surface area contributed by atoms with Crippen LogP contribution >= 0.6 is 12.4 Å². The Bertz CT molecular complexity index is 495. The molecule has 3 atom stereocenters. The van der Waals surface area contributed by atoms with Crippen molar-refractivity contribution < 1.29 is 9.53 Å². The van der Waals surface area contributed by atoms with E-state index in [-0.39, 0.29) is 24.4 Å². The van der Waals surface area contributed by atoms with Gasteiger partial charge < -0.3 is 15.4 Å². The number of halogens is 1. The molecule has 1 saturated carbocycles. The molecule has 0 aromatic heterocycles. The van der Waals surface area contributed by atoms with E-state index in [1.165, 1.54) is 25.7 Å². The highest BCUT2D eigenvalue weighted by Gasteiger charge is 2.38. The van der Waals surface area contributed by atoms with E-state index in [1.54, 1.807) is 0 Å². The third kappa shape index (κ3) is 3.93. The lowest BCUT2D eigenvalue weighted by Crippen LogP contribution is -2.39. The van der Waals surface area contributed by atoms with E-state index < -0.39 is 0 Å². The minimum atomic E-state index is -0.0474. The Labute approximate surface area is 138 Å². The largest absolute Gasteiger partial charge is 0.494 e. The molecular formula is C17H25ClN2O2. The van der Waals surface area contributed by atoms with Crippen LogP contribution in [-0.2, 0) is 4.79 Å². The maximum Gasteiger partial charge on any atom is 0.241 e. The molecule has 2 N–H and O–H groups in total. The van der Waals surface area contributed by atoms with E-state index in [0.717, 1.165) is 17.9 Å². The second-order valence-corrected chi connectivity index (χ2v) is 6.06. The Morgan fingerprint density at radius 2 is 2.18 bits per heavy atom. The van der Waals surface area contributed by atoms with Crippen LogP contribution in [0.4, 0.5) is 5.69 Å². The van der Waals surface area contributed by atoms with Crippen LogP contribution < -0.4 is 15.4 Å². The average molecular weight is 325 g/mol. The van der Waals surface area contributed by atoms with Gasteiger partial charge in [-0.2, -0.15) is 0 Å². The standard InChI is InChI=1S/C17H24N2O2.ClH/c1-2-21-14-8-5-7-13(11-14)18-17(20)16-10-12-6-3-4-9-15(12)19-16;/h5,7-8,11-12,15-16,19H,2-4,6,9-10H2,1H3,(H,18,20);1H. The molecule has 1 amide bonds. The summed E-state index contributed by atoms with van der Waals surface area (Å²) in [6.07, 6.45) is 6.06. The van der Waals surface area contributed by atoms with E-state index in [2.05, 4.69) is 10.6 Å². The summed E-state index contributed by atoms with van der Waals surface area (Å²) >= 11 is 0. The van der Waals surface area contributed by atoms with Gasteiger partial charge in [0.05, 0.1) is 12.6 Å². The number of rotatable bonds is 4. The third-order valence-corrected chi connectivity index (χ3v) is 4.59. The topological polar surface area (TPSA) is 50.4 Å². The van der Waals surface area contributed by atoms with E-state index >= 15 is 0 Å². The second-order valence-electron chi connectivity index (χ2n) is 6.06. The maximum atomic E-state index is 12.4. The van der Waals surface area contributed by atoms with Crippen molar-refractivity contribution in [2.75, 3.05) is 11.9 Å². The summed E-state index contributed by atoms with van der Waals surface area (Å²) in [5.74, 6) is 1.56. The molecule has 1 aliphatic carbocycles. The van der Waals surface area contributed by atoms with Crippen molar-refractivity contribution in [3.63, 3.8) is 0 Å². The zero-order valence-corrected chi connectivity index (χ0v) is 13.8. The van der Waals surface area contributed by atoms with Gasteiger partial charge in [-0.05, 0) is 44.2 Å². The quantitative estimate of drug-likeness (QED) is 0.892. The first-order valence-electron chi connectivity index (χ1n) is 8.06. The van der Waals surface area contributed by atoms with Crippen molar-refractivity contribution in [3.8, 4) is 5.75 Å². The summed E-state index contributed by atoms with van der Waals surface area (Å²) in [6.45, 7) is 2.58. The molecule has 2 aliphatic rings. The van der Waals surface area contributed by atoms with Crippen LogP contribution in [0.1, 0.15) is 39.0 Å². The number of nitrogens with one attached hydrogen (secondary N) is 2. The first kappa shape index (κ1) is 17.1. The highest BCUT2D eigenvalue weighted by atomic mass is 35.5. The zero-order valence-electron chi connectivity index (χ0n) is 13.0. The molecule has 0 spiro atoms. The van der Waals surface area contributed by atoms with Crippen molar-refractivity contribution >= 4 is 24.0 Å². The Kier molecular flexibility index (Phi) is 6.09. The Balaban J connectivity index is 0.00000176. The van der Waals surface area contributed by atoms with Crippen LogP contribution in [0.15, 0.2) is 24.3 Å².